The first-order valence-corrected chi connectivity index (χ1v) is 15.7. The van der Waals surface area contributed by atoms with Crippen molar-refractivity contribution in [3.8, 4) is 0 Å². The number of aromatic nitrogens is 2. The number of pyridine rings is 2. The van der Waals surface area contributed by atoms with Gasteiger partial charge >= 0.3 is 0 Å². The van der Waals surface area contributed by atoms with Crippen LogP contribution >= 0.6 is 0 Å². The van der Waals surface area contributed by atoms with Crippen LogP contribution in [0, 0.1) is 0 Å². The average molecular weight is 661 g/mol. The number of anilines is 2. The average Bonchev–Trinajstić information content (AvgIpc) is 3.48. The molecule has 2 aliphatic heterocycles. The van der Waals surface area contributed by atoms with Crippen molar-refractivity contribution in [2.75, 3.05) is 11.5 Å². The molecule has 0 saturated carbocycles. The van der Waals surface area contributed by atoms with Crippen LogP contribution in [0.5, 0.6) is 0 Å². The van der Waals surface area contributed by atoms with Crippen molar-refractivity contribution in [1.82, 2.24) is 19.8 Å². The van der Waals surface area contributed by atoms with Gasteiger partial charge in [0.05, 0.1) is 57.3 Å². The van der Waals surface area contributed by atoms with Crippen molar-refractivity contribution in [3.63, 3.8) is 0 Å². The second-order valence-corrected chi connectivity index (χ2v) is 12.5. The number of aromatic amines is 2. The Morgan fingerprint density at radius 3 is 1.66 bits per heavy atom. The summed E-state index contributed by atoms with van der Waals surface area (Å²) in [4.78, 5) is 90.7. The maximum Gasteiger partial charge on any atom is 0.261 e. The summed E-state index contributed by atoms with van der Waals surface area (Å²) in [6.07, 6.45) is 0. The molecule has 0 fully saturated rings. The summed E-state index contributed by atoms with van der Waals surface area (Å²) >= 11 is 0. The Labute approximate surface area is 280 Å². The standard InChI is InChI=1S/C38H24N6O6/c39-18-6-8-20-23(11-18)37(49)43(35(20)47)15-17-5-10-29-32(27(17)16-44-36(48)21-9-7-19(40)12-24(21)38(44)50)34(46)26-14-30-25(13-31(26)42-29)33(45)22-3-1-2-4-28(22)41-30/h1-14H,15-16,39-40H2,(H,41,45)(H,42,46). The van der Waals surface area contributed by atoms with Gasteiger partial charge < -0.3 is 21.4 Å². The highest BCUT2D eigenvalue weighted by atomic mass is 16.2. The second-order valence-electron chi connectivity index (χ2n) is 12.5. The lowest BCUT2D eigenvalue weighted by Gasteiger charge is -2.21. The third-order valence-corrected chi connectivity index (χ3v) is 9.63. The fraction of sp³-hybridized carbons (Fsp3) is 0.0526. The van der Waals surface area contributed by atoms with Crippen LogP contribution in [-0.4, -0.2) is 43.4 Å². The van der Waals surface area contributed by atoms with Crippen molar-refractivity contribution in [3.05, 3.63) is 139 Å². The maximum absolute atomic E-state index is 14.6. The van der Waals surface area contributed by atoms with Gasteiger partial charge in [-0.2, -0.15) is 0 Å². The minimum Gasteiger partial charge on any atom is -0.399 e. The fourth-order valence-corrected chi connectivity index (χ4v) is 7.16. The first-order valence-electron chi connectivity index (χ1n) is 15.7. The summed E-state index contributed by atoms with van der Waals surface area (Å²) in [5, 5.41) is 1.31. The zero-order valence-electron chi connectivity index (χ0n) is 26.0. The molecule has 0 atom stereocenters. The van der Waals surface area contributed by atoms with Crippen molar-refractivity contribution < 1.29 is 19.2 Å². The Morgan fingerprint density at radius 1 is 0.480 bits per heavy atom. The molecule has 0 bridgehead atoms. The Bertz CT molecular complexity index is 2890. The summed E-state index contributed by atoms with van der Waals surface area (Å²) in [7, 11) is 0. The number of nitrogens with one attached hydrogen (secondary N) is 2. The molecule has 242 valence electrons. The Hall–Kier alpha value is -7.08. The number of carbonyl (C=O) groups is 4. The van der Waals surface area contributed by atoms with E-state index in [0.29, 0.717) is 49.8 Å². The van der Waals surface area contributed by atoms with Gasteiger partial charge in [-0.1, -0.05) is 18.2 Å². The van der Waals surface area contributed by atoms with E-state index >= 15 is 0 Å². The second kappa shape index (κ2) is 10.2. The molecule has 0 radical (unpaired) electrons. The normalized spacial score (nSPS) is 14.2. The molecule has 0 unspecified atom stereocenters. The Morgan fingerprint density at radius 2 is 1.02 bits per heavy atom. The third kappa shape index (κ3) is 4.05. The van der Waals surface area contributed by atoms with E-state index < -0.39 is 29.1 Å². The van der Waals surface area contributed by atoms with Crippen LogP contribution in [0.4, 0.5) is 11.4 Å². The van der Waals surface area contributed by atoms with E-state index in [1.54, 1.807) is 48.5 Å². The molecule has 2 aliphatic rings. The van der Waals surface area contributed by atoms with Crippen molar-refractivity contribution in [2.24, 2.45) is 0 Å². The first-order chi connectivity index (χ1) is 24.1. The predicted octanol–water partition coefficient (Wildman–Crippen LogP) is 4.43. The van der Waals surface area contributed by atoms with Gasteiger partial charge in [-0.3, -0.25) is 38.6 Å². The van der Waals surface area contributed by atoms with E-state index in [2.05, 4.69) is 9.97 Å². The van der Waals surface area contributed by atoms with Crippen LogP contribution in [0.1, 0.15) is 52.6 Å². The number of para-hydroxylation sites is 1. The number of hydrogen-bond acceptors (Lipinski definition) is 8. The van der Waals surface area contributed by atoms with Gasteiger partial charge in [-0.05, 0) is 77.9 Å². The van der Waals surface area contributed by atoms with Gasteiger partial charge in [0.15, 0.2) is 10.9 Å². The highest BCUT2D eigenvalue weighted by molar-refractivity contribution is 6.22. The summed E-state index contributed by atoms with van der Waals surface area (Å²) in [5.41, 5.74) is 15.0. The van der Waals surface area contributed by atoms with Gasteiger partial charge in [0.1, 0.15) is 0 Å². The molecule has 12 nitrogen and oxygen atoms in total. The quantitative estimate of drug-likeness (QED) is 0.121. The number of hydrogen-bond donors (Lipinski definition) is 4. The number of imide groups is 2. The van der Waals surface area contributed by atoms with Crippen molar-refractivity contribution in [2.45, 2.75) is 13.1 Å². The molecular formula is C38H24N6O6. The summed E-state index contributed by atoms with van der Waals surface area (Å²) < 4.78 is 0. The molecule has 6 N–H and O–H groups in total. The van der Waals surface area contributed by atoms with Crippen LogP contribution < -0.4 is 22.3 Å². The minimum atomic E-state index is -0.593. The van der Waals surface area contributed by atoms with Crippen molar-refractivity contribution in [1.29, 1.82) is 0 Å². The fourth-order valence-electron chi connectivity index (χ4n) is 7.16. The topological polar surface area (TPSA) is 193 Å². The molecule has 0 spiro atoms. The largest absolute Gasteiger partial charge is 0.399 e. The number of rotatable bonds is 4. The number of fused-ring (bicyclic) bond motifs is 6. The smallest absolute Gasteiger partial charge is 0.261 e. The van der Waals surface area contributed by atoms with Crippen LogP contribution in [0.15, 0.2) is 94.5 Å². The summed E-state index contributed by atoms with van der Waals surface area (Å²) in [6.45, 7) is -0.583. The number of nitrogens with zero attached hydrogens (tertiary/aromatic N) is 2. The molecule has 4 amide bonds. The molecule has 4 heterocycles. The molecule has 12 heteroatoms. The van der Waals surface area contributed by atoms with Crippen LogP contribution in [-0.2, 0) is 13.1 Å². The molecular weight excluding hydrogens is 636 g/mol. The maximum atomic E-state index is 14.6. The van der Waals surface area contributed by atoms with Gasteiger partial charge in [0, 0.05) is 33.1 Å². The third-order valence-electron chi connectivity index (χ3n) is 9.63. The Kier molecular flexibility index (Phi) is 5.94. The number of H-pyrrole nitrogens is 2. The van der Waals surface area contributed by atoms with E-state index in [9.17, 15) is 28.8 Å². The van der Waals surface area contributed by atoms with Gasteiger partial charge in [-0.15, -0.1) is 0 Å². The van der Waals surface area contributed by atoms with Crippen LogP contribution in [0.2, 0.25) is 0 Å². The SMILES string of the molecule is Nc1ccc2c(c1)C(=O)N(Cc1ccc3[nH]c4cc5c(=O)c6ccccc6[nH]c5cc4c(=O)c3c1CN1C(=O)c3ccc(N)cc3C1=O)C2=O. The first kappa shape index (κ1) is 29.1. The summed E-state index contributed by atoms with van der Waals surface area (Å²) in [6, 6.07) is 22.5. The van der Waals surface area contributed by atoms with E-state index in [0.717, 1.165) is 9.80 Å². The zero-order chi connectivity index (χ0) is 34.6. The Balaban J connectivity index is 1.25. The van der Waals surface area contributed by atoms with E-state index in [4.69, 9.17) is 11.5 Å². The van der Waals surface area contributed by atoms with Crippen LogP contribution in [0.25, 0.3) is 43.6 Å². The van der Waals surface area contributed by atoms with E-state index in [1.807, 2.05) is 0 Å². The van der Waals surface area contributed by atoms with E-state index in [-0.39, 0.29) is 57.1 Å². The van der Waals surface area contributed by atoms with Crippen molar-refractivity contribution >= 4 is 78.6 Å². The number of benzene rings is 5. The molecule has 50 heavy (non-hydrogen) atoms. The molecule has 7 aromatic rings. The molecule has 0 saturated heterocycles. The monoisotopic (exact) mass is 660 g/mol. The summed E-state index contributed by atoms with van der Waals surface area (Å²) in [5.74, 6) is -2.27. The lowest BCUT2D eigenvalue weighted by Crippen LogP contribution is -2.32. The van der Waals surface area contributed by atoms with E-state index in [1.165, 1.54) is 36.4 Å². The molecule has 2 aromatic heterocycles. The number of amides is 4. The molecule has 0 aliphatic carbocycles. The minimum absolute atomic E-state index is 0.136. The lowest BCUT2D eigenvalue weighted by atomic mass is 9.97. The van der Waals surface area contributed by atoms with Gasteiger partial charge in [0.2, 0.25) is 0 Å². The van der Waals surface area contributed by atoms with Gasteiger partial charge in [-0.25, -0.2) is 0 Å². The number of nitrogen functional groups attached to an aromatic ring is 2. The highest BCUT2D eigenvalue weighted by Gasteiger charge is 2.39. The zero-order valence-corrected chi connectivity index (χ0v) is 26.0. The predicted molar refractivity (Wildman–Crippen MR) is 188 cm³/mol. The lowest BCUT2D eigenvalue weighted by molar-refractivity contribution is 0.0617. The number of nitrogens with two attached hydrogens (primary N) is 2. The highest BCUT2D eigenvalue weighted by Crippen LogP contribution is 2.33. The van der Waals surface area contributed by atoms with Crippen LogP contribution in [0.3, 0.4) is 0 Å². The molecule has 5 aromatic carbocycles. The molecule has 9 rings (SSSR count). The number of carbonyl (C=O) groups excluding carboxylic acids is 4. The van der Waals surface area contributed by atoms with Gasteiger partial charge in [0.25, 0.3) is 23.6 Å².